The number of hydrogen-bond donors (Lipinski definition) is 3. The largest absolute Gasteiger partial charge is 0.517 e. The van der Waals surface area contributed by atoms with Gasteiger partial charge in [-0.25, -0.2) is 4.79 Å². The van der Waals surface area contributed by atoms with Gasteiger partial charge < -0.3 is 30.1 Å². The molecule has 0 spiro atoms. The van der Waals surface area contributed by atoms with Crippen molar-refractivity contribution in [1.29, 1.82) is 0 Å². The summed E-state index contributed by atoms with van der Waals surface area (Å²) in [5, 5.41) is 2.52. The van der Waals surface area contributed by atoms with Crippen LogP contribution >= 0.6 is 0 Å². The van der Waals surface area contributed by atoms with Crippen LogP contribution in [0.3, 0.4) is 0 Å². The molecule has 0 aromatic carbocycles. The van der Waals surface area contributed by atoms with Gasteiger partial charge in [-0.2, -0.15) is 0 Å². The predicted molar refractivity (Wildman–Crippen MR) is 66.2 cm³/mol. The summed E-state index contributed by atoms with van der Waals surface area (Å²) < 4.78 is 15.8. The zero-order valence-corrected chi connectivity index (χ0v) is 11.7. The first kappa shape index (κ1) is 16.3. The van der Waals surface area contributed by atoms with Gasteiger partial charge in [0.15, 0.2) is 0 Å². The van der Waals surface area contributed by atoms with Crippen molar-refractivity contribution in [3.05, 3.63) is 0 Å². The molecule has 1 unspecified atom stereocenters. The molecule has 17 heavy (non-hydrogen) atoms. The number of rotatable bonds is 9. The Kier molecular flexibility index (Phi) is 8.09. The van der Waals surface area contributed by atoms with Gasteiger partial charge in [-0.3, -0.25) is 0 Å². The molecule has 5 N–H and O–H groups in total. The zero-order valence-electron chi connectivity index (χ0n) is 10.7. The molecule has 0 aliphatic carbocycles. The average molecular weight is 265 g/mol. The summed E-state index contributed by atoms with van der Waals surface area (Å²) in [6.07, 6.45) is 2.35. The molecule has 0 aliphatic heterocycles. The molecule has 0 bridgehead atoms. The highest BCUT2D eigenvalue weighted by molar-refractivity contribution is 6.62. The van der Waals surface area contributed by atoms with Crippen LogP contribution in [0.15, 0.2) is 0 Å². The van der Waals surface area contributed by atoms with E-state index in [4.69, 9.17) is 24.7 Å². The minimum Gasteiger partial charge on any atom is -0.376 e. The molecule has 0 aromatic rings. The average Bonchev–Trinajstić information content (AvgIpc) is 2.31. The lowest BCUT2D eigenvalue weighted by Gasteiger charge is -2.29. The number of carbonyl (C=O) groups excluding carboxylic acids is 1. The molecule has 0 fully saturated rings. The lowest BCUT2D eigenvalue weighted by molar-refractivity contribution is 0.111. The lowest BCUT2D eigenvalue weighted by atomic mass is 10.2. The highest BCUT2D eigenvalue weighted by atomic mass is 28.4. The second-order valence-corrected chi connectivity index (χ2v) is 6.78. The topological polar surface area (TPSA) is 109 Å². The van der Waals surface area contributed by atoms with E-state index in [2.05, 4.69) is 5.32 Å². The van der Waals surface area contributed by atoms with Crippen LogP contribution in [-0.2, 0) is 13.3 Å². The van der Waals surface area contributed by atoms with Crippen LogP contribution in [0.4, 0.5) is 4.79 Å². The second kappa shape index (κ2) is 8.42. The number of nitrogens with one attached hydrogen (secondary N) is 1. The zero-order chi connectivity index (χ0) is 13.3. The Labute approximate surface area is 103 Å². The molecule has 0 rings (SSSR count). The minimum atomic E-state index is -2.74. The highest BCUT2D eigenvalue weighted by Crippen LogP contribution is 2.14. The van der Waals surface area contributed by atoms with Crippen LogP contribution < -0.4 is 16.8 Å². The molecule has 1 atom stereocenters. The van der Waals surface area contributed by atoms with Crippen molar-refractivity contribution < 1.29 is 18.1 Å². The number of nitrogens with two attached hydrogens (primary N) is 2. The number of amides is 2. The second-order valence-electron chi connectivity index (χ2n) is 3.61. The summed E-state index contributed by atoms with van der Waals surface area (Å²) in [5.74, 6) is 0. The summed E-state index contributed by atoms with van der Waals surface area (Å²) in [4.78, 5) is 10.4. The lowest BCUT2D eigenvalue weighted by Crippen LogP contribution is -2.58. The van der Waals surface area contributed by atoms with Gasteiger partial charge in [-0.1, -0.05) is 6.42 Å². The third-order valence-corrected chi connectivity index (χ3v) is 5.45. The van der Waals surface area contributed by atoms with Crippen molar-refractivity contribution in [2.45, 2.75) is 24.9 Å². The van der Waals surface area contributed by atoms with Crippen LogP contribution in [0, 0.1) is 0 Å². The Balaban J connectivity index is 3.90. The number of urea groups is 1. The van der Waals surface area contributed by atoms with Gasteiger partial charge in [0.2, 0.25) is 0 Å². The molecule has 0 saturated heterocycles. The van der Waals surface area contributed by atoms with Crippen LogP contribution in [-0.4, -0.2) is 48.4 Å². The highest BCUT2D eigenvalue weighted by Gasteiger charge is 2.44. The van der Waals surface area contributed by atoms with E-state index in [0.717, 1.165) is 12.8 Å². The molecule has 0 heterocycles. The van der Waals surface area contributed by atoms with E-state index in [-0.39, 0.29) is 5.67 Å². The van der Waals surface area contributed by atoms with Crippen molar-refractivity contribution >= 4 is 14.8 Å². The van der Waals surface area contributed by atoms with E-state index < -0.39 is 14.8 Å². The molecule has 0 saturated carbocycles. The number of unbranched alkanes of at least 4 members (excludes halogenated alkanes) is 1. The third-order valence-electron chi connectivity index (χ3n) is 2.55. The summed E-state index contributed by atoms with van der Waals surface area (Å²) in [6, 6.07) is -0.510. The normalized spacial score (nSPS) is 13.4. The Bertz CT molecular complexity index is 218. The standard InChI is InChI=1S/C9H23N3O4Si/c1-14-17(15-2,16-3)8(10)6-4-5-7-12-9(11)13/h8H,4-7,10H2,1-3H3,(H3,11,12,13). The van der Waals surface area contributed by atoms with E-state index in [1.807, 2.05) is 0 Å². The molecule has 0 radical (unpaired) electrons. The van der Waals surface area contributed by atoms with Gasteiger partial charge in [0.05, 0.1) is 5.67 Å². The quantitative estimate of drug-likeness (QED) is 0.387. The fraction of sp³-hybridized carbons (Fsp3) is 0.889. The predicted octanol–water partition coefficient (Wildman–Crippen LogP) is -0.430. The number of hydrogen-bond acceptors (Lipinski definition) is 5. The molecule has 8 heteroatoms. The number of primary amides is 1. The van der Waals surface area contributed by atoms with E-state index in [1.54, 1.807) is 0 Å². The maximum absolute atomic E-state index is 10.4. The maximum atomic E-state index is 10.4. The molecule has 2 amide bonds. The van der Waals surface area contributed by atoms with Crippen LogP contribution in [0.25, 0.3) is 0 Å². The van der Waals surface area contributed by atoms with E-state index in [1.165, 1.54) is 21.3 Å². The first-order valence-corrected chi connectivity index (χ1v) is 7.27. The Hall–Kier alpha value is -0.673. The van der Waals surface area contributed by atoms with Crippen LogP contribution in [0.1, 0.15) is 19.3 Å². The monoisotopic (exact) mass is 265 g/mol. The van der Waals surface area contributed by atoms with E-state index in [9.17, 15) is 4.79 Å². The van der Waals surface area contributed by atoms with Crippen molar-refractivity contribution in [3.63, 3.8) is 0 Å². The third kappa shape index (κ3) is 5.46. The van der Waals surface area contributed by atoms with Gasteiger partial charge in [0.1, 0.15) is 0 Å². The Morgan fingerprint density at radius 2 is 1.76 bits per heavy atom. The first-order chi connectivity index (χ1) is 8.02. The summed E-state index contributed by atoms with van der Waals surface area (Å²) >= 11 is 0. The Morgan fingerprint density at radius 3 is 2.18 bits per heavy atom. The van der Waals surface area contributed by atoms with E-state index in [0.29, 0.717) is 13.0 Å². The molecule has 0 aliphatic rings. The van der Waals surface area contributed by atoms with Gasteiger partial charge in [-0.05, 0) is 12.8 Å². The van der Waals surface area contributed by atoms with Crippen LogP contribution in [0.2, 0.25) is 0 Å². The summed E-state index contributed by atoms with van der Waals surface area (Å²) in [5.41, 5.74) is 10.7. The minimum absolute atomic E-state index is 0.268. The van der Waals surface area contributed by atoms with Gasteiger partial charge in [-0.15, -0.1) is 0 Å². The summed E-state index contributed by atoms with van der Waals surface area (Å²) in [6.45, 7) is 0.545. The molecule has 7 nitrogen and oxygen atoms in total. The number of carbonyl (C=O) groups is 1. The van der Waals surface area contributed by atoms with Crippen molar-refractivity contribution in [1.82, 2.24) is 5.32 Å². The summed E-state index contributed by atoms with van der Waals surface area (Å²) in [7, 11) is 1.87. The molecule has 0 aromatic heterocycles. The molecule has 102 valence electrons. The van der Waals surface area contributed by atoms with Crippen LogP contribution in [0.5, 0.6) is 0 Å². The fourth-order valence-electron chi connectivity index (χ4n) is 1.58. The van der Waals surface area contributed by atoms with Gasteiger partial charge in [0.25, 0.3) is 0 Å². The SMILES string of the molecule is CO[Si](OC)(OC)C(N)CCCCNC(N)=O. The van der Waals surface area contributed by atoms with Gasteiger partial charge in [0, 0.05) is 27.9 Å². The van der Waals surface area contributed by atoms with Crippen molar-refractivity contribution in [2.75, 3.05) is 27.9 Å². The molecular formula is C9H23N3O4Si. The molecular weight excluding hydrogens is 242 g/mol. The fourth-order valence-corrected chi connectivity index (χ4v) is 3.55. The maximum Gasteiger partial charge on any atom is 0.517 e. The van der Waals surface area contributed by atoms with Crippen molar-refractivity contribution in [2.24, 2.45) is 11.5 Å². The smallest absolute Gasteiger partial charge is 0.376 e. The Morgan fingerprint density at radius 1 is 1.24 bits per heavy atom. The van der Waals surface area contributed by atoms with Crippen molar-refractivity contribution in [3.8, 4) is 0 Å². The van der Waals surface area contributed by atoms with Gasteiger partial charge >= 0.3 is 14.8 Å². The first-order valence-electron chi connectivity index (χ1n) is 5.46. The van der Waals surface area contributed by atoms with E-state index >= 15 is 0 Å².